The lowest BCUT2D eigenvalue weighted by atomic mass is 9.94. The number of anilines is 2. The van der Waals surface area contributed by atoms with E-state index in [2.05, 4.69) is 25.3 Å². The van der Waals surface area contributed by atoms with Crippen molar-refractivity contribution in [2.75, 3.05) is 5.32 Å². The number of pyridine rings is 2. The van der Waals surface area contributed by atoms with Crippen LogP contribution in [0.25, 0.3) is 11.4 Å². The van der Waals surface area contributed by atoms with Crippen molar-refractivity contribution >= 4 is 17.7 Å². The highest BCUT2D eigenvalue weighted by Crippen LogP contribution is 2.26. The smallest absolute Gasteiger partial charge is 0.215 e. The minimum atomic E-state index is 0.0982. The van der Waals surface area contributed by atoms with E-state index in [4.69, 9.17) is 15.9 Å². The molecule has 1 fully saturated rings. The first-order chi connectivity index (χ1) is 14.6. The first kappa shape index (κ1) is 19.9. The number of hydrogen-bond donors (Lipinski definition) is 3. The largest absolute Gasteiger partial charge is 0.474 e. The number of hydrogen-bond acceptors (Lipinski definition) is 8. The molecule has 0 aromatic carbocycles. The van der Waals surface area contributed by atoms with E-state index in [1.807, 2.05) is 31.2 Å². The Morgan fingerprint density at radius 2 is 2.07 bits per heavy atom. The number of nitrogens with one attached hydrogen (secondary N) is 2. The Balaban J connectivity index is 1.56. The summed E-state index contributed by atoms with van der Waals surface area (Å²) >= 11 is 0. The van der Waals surface area contributed by atoms with Gasteiger partial charge in [0.15, 0.2) is 0 Å². The Hall–Kier alpha value is -3.39. The predicted octanol–water partition coefficient (Wildman–Crippen LogP) is 3.63. The van der Waals surface area contributed by atoms with Gasteiger partial charge in [-0.1, -0.05) is 6.07 Å². The summed E-state index contributed by atoms with van der Waals surface area (Å²) in [5, 5.41) is 11.0. The molecule has 2 unspecified atom stereocenters. The zero-order chi connectivity index (χ0) is 20.9. The second kappa shape index (κ2) is 8.96. The Bertz CT molecular complexity index is 1040. The summed E-state index contributed by atoms with van der Waals surface area (Å²) in [6, 6.07) is 7.65. The molecule has 0 radical (unpaired) electrons. The maximum Gasteiger partial charge on any atom is 0.215 e. The average Bonchev–Trinajstić information content (AvgIpc) is 2.74. The standard InChI is InChI=1S/C22H25N7O/c1-14-11-25-13-20(27-14)19-9-18(15(10-23)12-26-19)28-21-6-3-7-22(29-21)30-17-5-2-4-16(24)8-17/h3,6-7,9-13,16-17,23H,2,4-5,8,24H2,1H3,(H,26,28,29). The van der Waals surface area contributed by atoms with E-state index in [-0.39, 0.29) is 12.1 Å². The molecule has 30 heavy (non-hydrogen) atoms. The van der Waals surface area contributed by atoms with Crippen LogP contribution >= 0.6 is 0 Å². The predicted molar refractivity (Wildman–Crippen MR) is 116 cm³/mol. The summed E-state index contributed by atoms with van der Waals surface area (Å²) in [5.74, 6) is 1.19. The second-order valence-corrected chi connectivity index (χ2v) is 7.50. The zero-order valence-electron chi connectivity index (χ0n) is 16.9. The Kier molecular flexibility index (Phi) is 5.94. The highest BCUT2D eigenvalue weighted by molar-refractivity contribution is 5.88. The van der Waals surface area contributed by atoms with Gasteiger partial charge in [0.05, 0.1) is 23.3 Å². The van der Waals surface area contributed by atoms with Crippen molar-refractivity contribution in [3.05, 3.63) is 54.1 Å². The van der Waals surface area contributed by atoms with Gasteiger partial charge >= 0.3 is 0 Å². The van der Waals surface area contributed by atoms with E-state index in [0.29, 0.717) is 34.3 Å². The van der Waals surface area contributed by atoms with Crippen LogP contribution in [0.4, 0.5) is 11.5 Å². The van der Waals surface area contributed by atoms with Gasteiger partial charge in [0.1, 0.15) is 17.6 Å². The number of nitrogens with two attached hydrogens (primary N) is 1. The Morgan fingerprint density at radius 1 is 1.17 bits per heavy atom. The van der Waals surface area contributed by atoms with Crippen molar-refractivity contribution in [3.63, 3.8) is 0 Å². The summed E-state index contributed by atoms with van der Waals surface area (Å²) in [5.41, 5.74) is 9.58. The van der Waals surface area contributed by atoms with Gasteiger partial charge in [0.2, 0.25) is 5.88 Å². The van der Waals surface area contributed by atoms with Crippen molar-refractivity contribution in [2.24, 2.45) is 5.73 Å². The van der Waals surface area contributed by atoms with Gasteiger partial charge in [-0.25, -0.2) is 4.98 Å². The van der Waals surface area contributed by atoms with E-state index in [0.717, 1.165) is 31.4 Å². The lowest BCUT2D eigenvalue weighted by Crippen LogP contribution is -2.33. The van der Waals surface area contributed by atoms with E-state index in [1.165, 1.54) is 6.21 Å². The van der Waals surface area contributed by atoms with Gasteiger partial charge in [0, 0.05) is 36.3 Å². The molecule has 0 spiro atoms. The third-order valence-electron chi connectivity index (χ3n) is 5.05. The molecule has 2 atom stereocenters. The molecule has 0 amide bonds. The molecule has 8 heteroatoms. The number of aromatic nitrogens is 4. The lowest BCUT2D eigenvalue weighted by Gasteiger charge is -2.26. The minimum absolute atomic E-state index is 0.0982. The molecule has 0 bridgehead atoms. The third kappa shape index (κ3) is 4.77. The summed E-state index contributed by atoms with van der Waals surface area (Å²) in [6.07, 6.45) is 10.3. The van der Waals surface area contributed by atoms with Crippen LogP contribution in [0.1, 0.15) is 36.9 Å². The normalized spacial score (nSPS) is 18.6. The molecule has 3 aromatic heterocycles. The third-order valence-corrected chi connectivity index (χ3v) is 5.05. The Morgan fingerprint density at radius 3 is 2.87 bits per heavy atom. The SMILES string of the molecule is Cc1cncc(-c2cc(Nc3cccc(OC4CCCC(N)C4)n3)c(C=N)cn2)n1. The minimum Gasteiger partial charge on any atom is -0.474 e. The molecule has 1 saturated carbocycles. The van der Waals surface area contributed by atoms with Crippen LogP contribution in [0.3, 0.4) is 0 Å². The van der Waals surface area contributed by atoms with Crippen LogP contribution in [0.15, 0.2) is 42.9 Å². The monoisotopic (exact) mass is 403 g/mol. The molecule has 3 heterocycles. The highest BCUT2D eigenvalue weighted by atomic mass is 16.5. The van der Waals surface area contributed by atoms with Crippen LogP contribution < -0.4 is 15.8 Å². The molecule has 4 rings (SSSR count). The van der Waals surface area contributed by atoms with Crippen LogP contribution in [-0.2, 0) is 0 Å². The number of ether oxygens (including phenoxy) is 1. The molecule has 3 aromatic rings. The first-order valence-corrected chi connectivity index (χ1v) is 10.1. The van der Waals surface area contributed by atoms with E-state index in [9.17, 15) is 0 Å². The fraction of sp³-hybridized carbons (Fsp3) is 0.318. The van der Waals surface area contributed by atoms with Crippen molar-refractivity contribution < 1.29 is 4.74 Å². The molecule has 154 valence electrons. The number of rotatable bonds is 6. The first-order valence-electron chi connectivity index (χ1n) is 10.1. The number of nitrogens with zero attached hydrogens (tertiary/aromatic N) is 4. The summed E-state index contributed by atoms with van der Waals surface area (Å²) in [6.45, 7) is 1.89. The van der Waals surface area contributed by atoms with Crippen LogP contribution in [0.2, 0.25) is 0 Å². The maximum atomic E-state index is 7.70. The van der Waals surface area contributed by atoms with E-state index >= 15 is 0 Å². The molecular formula is C22H25N7O. The summed E-state index contributed by atoms with van der Waals surface area (Å²) in [4.78, 5) is 17.7. The number of aryl methyl sites for hydroxylation is 1. The van der Waals surface area contributed by atoms with Crippen molar-refractivity contribution in [1.82, 2.24) is 19.9 Å². The van der Waals surface area contributed by atoms with Crippen molar-refractivity contribution in [1.29, 1.82) is 5.41 Å². The topological polar surface area (TPSA) is 123 Å². The highest BCUT2D eigenvalue weighted by Gasteiger charge is 2.21. The molecule has 1 aliphatic carbocycles. The summed E-state index contributed by atoms with van der Waals surface area (Å²) in [7, 11) is 0. The lowest BCUT2D eigenvalue weighted by molar-refractivity contribution is 0.139. The van der Waals surface area contributed by atoms with Crippen molar-refractivity contribution in [2.45, 2.75) is 44.8 Å². The average molecular weight is 403 g/mol. The van der Waals surface area contributed by atoms with E-state index in [1.54, 1.807) is 18.6 Å². The van der Waals surface area contributed by atoms with Gasteiger partial charge < -0.3 is 21.2 Å². The quantitative estimate of drug-likeness (QED) is 0.537. The van der Waals surface area contributed by atoms with Gasteiger partial charge in [-0.3, -0.25) is 9.97 Å². The summed E-state index contributed by atoms with van der Waals surface area (Å²) < 4.78 is 6.06. The van der Waals surface area contributed by atoms with Gasteiger partial charge in [-0.05, 0) is 44.7 Å². The molecule has 1 aliphatic rings. The molecule has 0 aliphatic heterocycles. The fourth-order valence-corrected chi connectivity index (χ4v) is 3.56. The van der Waals surface area contributed by atoms with Crippen molar-refractivity contribution in [3.8, 4) is 17.3 Å². The van der Waals surface area contributed by atoms with Gasteiger partial charge in [0.25, 0.3) is 0 Å². The van der Waals surface area contributed by atoms with Crippen LogP contribution in [0, 0.1) is 12.3 Å². The van der Waals surface area contributed by atoms with Gasteiger partial charge in [-0.15, -0.1) is 0 Å². The Labute approximate surface area is 175 Å². The molecule has 0 saturated heterocycles. The van der Waals surface area contributed by atoms with E-state index < -0.39 is 0 Å². The zero-order valence-corrected chi connectivity index (χ0v) is 16.9. The second-order valence-electron chi connectivity index (χ2n) is 7.50. The molecule has 4 N–H and O–H groups in total. The van der Waals surface area contributed by atoms with Crippen LogP contribution in [-0.4, -0.2) is 38.3 Å². The molecule has 8 nitrogen and oxygen atoms in total. The maximum absolute atomic E-state index is 7.70. The van der Waals surface area contributed by atoms with Gasteiger partial charge in [-0.2, -0.15) is 4.98 Å². The molecular weight excluding hydrogens is 378 g/mol. The van der Waals surface area contributed by atoms with Crippen LogP contribution in [0.5, 0.6) is 5.88 Å². The fourth-order valence-electron chi connectivity index (χ4n) is 3.56.